The Labute approximate surface area is 103 Å². The molecule has 2 heterocycles. The summed E-state index contributed by atoms with van der Waals surface area (Å²) in [6.45, 7) is 0. The molecule has 0 aliphatic carbocycles. The largest absolute Gasteiger partial charge is 0.497 e. The van der Waals surface area contributed by atoms with E-state index in [1.807, 2.05) is 34.9 Å². The number of nitrogens with one attached hydrogen (secondary N) is 1. The Balaban J connectivity index is 2.04. The lowest BCUT2D eigenvalue weighted by Gasteiger charge is -2.06. The summed E-state index contributed by atoms with van der Waals surface area (Å²) in [5.74, 6) is 1.53. The lowest BCUT2D eigenvalue weighted by molar-refractivity contribution is 0.415. The van der Waals surface area contributed by atoms with Gasteiger partial charge in [-0.25, -0.2) is 0 Å². The van der Waals surface area contributed by atoms with Gasteiger partial charge < -0.3 is 4.74 Å². The van der Waals surface area contributed by atoms with Crippen LogP contribution in [0.4, 0.5) is 0 Å². The molecule has 0 unspecified atom stereocenters. The van der Waals surface area contributed by atoms with Crippen molar-refractivity contribution in [1.82, 2.24) is 25.0 Å². The molecule has 3 aromatic rings. The van der Waals surface area contributed by atoms with Crippen LogP contribution < -0.4 is 4.74 Å². The highest BCUT2D eigenvalue weighted by Crippen LogP contribution is 2.20. The lowest BCUT2D eigenvalue weighted by Crippen LogP contribution is -1.96. The molecule has 2 aromatic heterocycles. The van der Waals surface area contributed by atoms with E-state index in [9.17, 15) is 0 Å². The van der Waals surface area contributed by atoms with Crippen molar-refractivity contribution in [3.05, 3.63) is 42.9 Å². The van der Waals surface area contributed by atoms with Gasteiger partial charge in [-0.1, -0.05) is 0 Å². The van der Waals surface area contributed by atoms with Crippen LogP contribution in [-0.4, -0.2) is 32.1 Å². The van der Waals surface area contributed by atoms with Crippen molar-refractivity contribution < 1.29 is 4.74 Å². The van der Waals surface area contributed by atoms with Gasteiger partial charge in [-0.2, -0.15) is 5.10 Å². The number of hydrogen-bond donors (Lipinski definition) is 1. The summed E-state index contributed by atoms with van der Waals surface area (Å²) in [5, 5.41) is 14.8. The minimum absolute atomic E-state index is 0.720. The molecule has 0 saturated heterocycles. The van der Waals surface area contributed by atoms with E-state index in [-0.39, 0.29) is 0 Å². The van der Waals surface area contributed by atoms with E-state index in [4.69, 9.17) is 4.74 Å². The van der Waals surface area contributed by atoms with Crippen LogP contribution in [0.2, 0.25) is 0 Å². The van der Waals surface area contributed by atoms with Gasteiger partial charge in [-0.3, -0.25) is 9.67 Å². The second kappa shape index (κ2) is 4.33. The zero-order valence-electron chi connectivity index (χ0n) is 9.74. The van der Waals surface area contributed by atoms with E-state index >= 15 is 0 Å². The van der Waals surface area contributed by atoms with Gasteiger partial charge in [0.1, 0.15) is 17.8 Å². The summed E-state index contributed by atoms with van der Waals surface area (Å²) in [4.78, 5) is 0. The first-order valence-corrected chi connectivity index (χ1v) is 5.42. The van der Waals surface area contributed by atoms with Crippen molar-refractivity contribution in [2.24, 2.45) is 0 Å². The maximum Gasteiger partial charge on any atom is 0.186 e. The average Bonchev–Trinajstić information content (AvgIpc) is 3.09. The van der Waals surface area contributed by atoms with Crippen LogP contribution in [0.1, 0.15) is 0 Å². The van der Waals surface area contributed by atoms with Crippen LogP contribution in [0, 0.1) is 0 Å². The molecule has 1 N–H and O–H groups in total. The molecule has 0 aliphatic rings. The van der Waals surface area contributed by atoms with Crippen LogP contribution in [-0.2, 0) is 0 Å². The molecule has 0 amide bonds. The molecule has 18 heavy (non-hydrogen) atoms. The fourth-order valence-electron chi connectivity index (χ4n) is 1.73. The number of hydrogen-bond acceptors (Lipinski definition) is 4. The highest BCUT2D eigenvalue weighted by Gasteiger charge is 2.09. The topological polar surface area (TPSA) is 68.6 Å². The zero-order chi connectivity index (χ0) is 12.4. The first kappa shape index (κ1) is 10.5. The number of H-pyrrole nitrogens is 1. The monoisotopic (exact) mass is 241 g/mol. The normalized spacial score (nSPS) is 10.5. The number of methoxy groups -OCH3 is 1. The van der Waals surface area contributed by atoms with Gasteiger partial charge in [0.2, 0.25) is 0 Å². The Morgan fingerprint density at radius 1 is 1.17 bits per heavy atom. The van der Waals surface area contributed by atoms with Gasteiger partial charge in [0.25, 0.3) is 0 Å². The van der Waals surface area contributed by atoms with Crippen molar-refractivity contribution in [2.75, 3.05) is 7.11 Å². The standard InChI is InChI=1S/C12H11N5O/c1-18-10-4-2-9(3-5-10)17-8-14-16-12(17)11-6-7-13-15-11/h2-8H,1H3,(H,13,15). The third-order valence-corrected chi connectivity index (χ3v) is 2.64. The molecule has 0 fully saturated rings. The third-order valence-electron chi connectivity index (χ3n) is 2.64. The quantitative estimate of drug-likeness (QED) is 0.757. The third kappa shape index (κ3) is 1.73. The predicted molar refractivity (Wildman–Crippen MR) is 65.5 cm³/mol. The highest BCUT2D eigenvalue weighted by molar-refractivity contribution is 5.53. The Kier molecular flexibility index (Phi) is 2.53. The lowest BCUT2D eigenvalue weighted by atomic mass is 10.3. The second-order valence-electron chi connectivity index (χ2n) is 3.69. The van der Waals surface area contributed by atoms with E-state index in [2.05, 4.69) is 20.4 Å². The number of aromatic amines is 1. The summed E-state index contributed by atoms with van der Waals surface area (Å²) in [5.41, 5.74) is 1.79. The van der Waals surface area contributed by atoms with E-state index in [1.165, 1.54) is 0 Å². The summed E-state index contributed by atoms with van der Waals surface area (Å²) in [6, 6.07) is 9.53. The minimum atomic E-state index is 0.720. The van der Waals surface area contributed by atoms with Gasteiger partial charge in [0.05, 0.1) is 7.11 Å². The molecule has 0 saturated carbocycles. The molecule has 6 nitrogen and oxygen atoms in total. The van der Waals surface area contributed by atoms with Gasteiger partial charge >= 0.3 is 0 Å². The second-order valence-corrected chi connectivity index (χ2v) is 3.69. The molecule has 0 spiro atoms. The molecular formula is C12H11N5O. The first-order chi connectivity index (χ1) is 8.88. The molecule has 6 heteroatoms. The molecule has 0 aliphatic heterocycles. The SMILES string of the molecule is COc1ccc(-n2cnnc2-c2ccn[nH]2)cc1. The van der Waals surface area contributed by atoms with Crippen molar-refractivity contribution in [3.63, 3.8) is 0 Å². The van der Waals surface area contributed by atoms with Crippen molar-refractivity contribution >= 4 is 0 Å². The van der Waals surface area contributed by atoms with Crippen molar-refractivity contribution in [1.29, 1.82) is 0 Å². The fourth-order valence-corrected chi connectivity index (χ4v) is 1.73. The Morgan fingerprint density at radius 3 is 2.67 bits per heavy atom. The van der Waals surface area contributed by atoms with Crippen molar-refractivity contribution in [3.8, 4) is 23.0 Å². The summed E-state index contributed by atoms with van der Waals surface area (Å²) in [7, 11) is 1.64. The van der Waals surface area contributed by atoms with Crippen LogP contribution in [0.5, 0.6) is 5.75 Å². The Bertz CT molecular complexity index is 627. The molecular weight excluding hydrogens is 230 g/mol. The van der Waals surface area contributed by atoms with E-state index in [0.29, 0.717) is 0 Å². The van der Waals surface area contributed by atoms with Crippen LogP contribution in [0.25, 0.3) is 17.2 Å². The van der Waals surface area contributed by atoms with Crippen molar-refractivity contribution in [2.45, 2.75) is 0 Å². The van der Waals surface area contributed by atoms with E-state index in [1.54, 1.807) is 19.6 Å². The number of ether oxygens (including phenoxy) is 1. The summed E-state index contributed by atoms with van der Waals surface area (Å²) >= 11 is 0. The number of aromatic nitrogens is 5. The predicted octanol–water partition coefficient (Wildman–Crippen LogP) is 1.67. The van der Waals surface area contributed by atoms with Gasteiger partial charge in [-0.15, -0.1) is 10.2 Å². The Hall–Kier alpha value is -2.63. The number of nitrogens with zero attached hydrogens (tertiary/aromatic N) is 4. The fraction of sp³-hybridized carbons (Fsp3) is 0.0833. The van der Waals surface area contributed by atoms with Crippen LogP contribution >= 0.6 is 0 Å². The first-order valence-electron chi connectivity index (χ1n) is 5.42. The maximum atomic E-state index is 5.13. The smallest absolute Gasteiger partial charge is 0.186 e. The molecule has 0 atom stereocenters. The van der Waals surface area contributed by atoms with Crippen LogP contribution in [0.15, 0.2) is 42.9 Å². The minimum Gasteiger partial charge on any atom is -0.497 e. The Morgan fingerprint density at radius 2 is 2.00 bits per heavy atom. The average molecular weight is 241 g/mol. The summed E-state index contributed by atoms with van der Waals surface area (Å²) < 4.78 is 7.01. The van der Waals surface area contributed by atoms with Gasteiger partial charge in [-0.05, 0) is 30.3 Å². The molecule has 90 valence electrons. The van der Waals surface area contributed by atoms with E-state index < -0.39 is 0 Å². The molecule has 0 radical (unpaired) electrons. The number of benzene rings is 1. The van der Waals surface area contributed by atoms with Gasteiger partial charge in [0, 0.05) is 11.9 Å². The van der Waals surface area contributed by atoms with Gasteiger partial charge in [0.15, 0.2) is 5.82 Å². The van der Waals surface area contributed by atoms with Crippen LogP contribution in [0.3, 0.4) is 0 Å². The number of rotatable bonds is 3. The maximum absolute atomic E-state index is 5.13. The molecule has 3 rings (SSSR count). The van der Waals surface area contributed by atoms with E-state index in [0.717, 1.165) is 23.0 Å². The highest BCUT2D eigenvalue weighted by atomic mass is 16.5. The zero-order valence-corrected chi connectivity index (χ0v) is 9.74. The summed E-state index contributed by atoms with van der Waals surface area (Å²) in [6.07, 6.45) is 3.35. The molecule has 0 bridgehead atoms. The molecule has 1 aromatic carbocycles.